The first kappa shape index (κ1) is 21.2. The molecule has 0 aliphatic carbocycles. The molecule has 0 aliphatic heterocycles. The van der Waals surface area contributed by atoms with Crippen LogP contribution in [0.1, 0.15) is 16.7 Å². The first-order valence-electron chi connectivity index (χ1n) is 10.4. The van der Waals surface area contributed by atoms with Crippen molar-refractivity contribution >= 4 is 12.0 Å². The zero-order valence-corrected chi connectivity index (χ0v) is 17.5. The van der Waals surface area contributed by atoms with E-state index in [2.05, 4.69) is 10.3 Å². The Kier molecular flexibility index (Phi) is 6.82. The van der Waals surface area contributed by atoms with Crippen LogP contribution in [0.25, 0.3) is 17.3 Å². The molecule has 5 nitrogen and oxygen atoms in total. The number of pyridine rings is 1. The number of aromatic nitrogens is 3. The fourth-order valence-electron chi connectivity index (χ4n) is 3.38. The van der Waals surface area contributed by atoms with Crippen molar-refractivity contribution in [3.8, 4) is 11.3 Å². The van der Waals surface area contributed by atoms with E-state index in [9.17, 15) is 9.18 Å². The number of rotatable bonds is 8. The number of hydrogen-bond acceptors (Lipinski definition) is 3. The van der Waals surface area contributed by atoms with Gasteiger partial charge in [0.1, 0.15) is 11.5 Å². The van der Waals surface area contributed by atoms with E-state index in [4.69, 9.17) is 5.10 Å². The average Bonchev–Trinajstić information content (AvgIpc) is 3.21. The summed E-state index contributed by atoms with van der Waals surface area (Å²) >= 11 is 0. The van der Waals surface area contributed by atoms with Gasteiger partial charge in [0.15, 0.2) is 0 Å². The molecule has 32 heavy (non-hydrogen) atoms. The van der Waals surface area contributed by atoms with Gasteiger partial charge in [-0.3, -0.25) is 14.5 Å². The Morgan fingerprint density at radius 1 is 1.03 bits per heavy atom. The monoisotopic (exact) mass is 426 g/mol. The Bertz CT molecular complexity index is 1200. The van der Waals surface area contributed by atoms with E-state index < -0.39 is 0 Å². The second-order valence-corrected chi connectivity index (χ2v) is 7.36. The molecule has 160 valence electrons. The van der Waals surface area contributed by atoms with E-state index in [0.29, 0.717) is 19.5 Å². The van der Waals surface area contributed by atoms with Crippen molar-refractivity contribution in [2.24, 2.45) is 0 Å². The zero-order chi connectivity index (χ0) is 22.2. The summed E-state index contributed by atoms with van der Waals surface area (Å²) in [6, 6.07) is 20.3. The topological polar surface area (TPSA) is 59.8 Å². The maximum absolute atomic E-state index is 13.3. The highest BCUT2D eigenvalue weighted by atomic mass is 19.1. The number of carbonyl (C=O) groups is 1. The molecule has 2 heterocycles. The van der Waals surface area contributed by atoms with Crippen LogP contribution in [0.4, 0.5) is 4.39 Å². The lowest BCUT2D eigenvalue weighted by molar-refractivity contribution is -0.116. The highest BCUT2D eigenvalue weighted by Gasteiger charge is 2.10. The predicted octanol–water partition coefficient (Wildman–Crippen LogP) is 4.50. The molecule has 0 atom stereocenters. The molecule has 0 unspecified atom stereocenters. The lowest BCUT2D eigenvalue weighted by atomic mass is 10.1. The van der Waals surface area contributed by atoms with Gasteiger partial charge in [-0.05, 0) is 47.9 Å². The molecule has 1 amide bonds. The molecule has 0 spiro atoms. The lowest BCUT2D eigenvalue weighted by Crippen LogP contribution is -2.23. The lowest BCUT2D eigenvalue weighted by Gasteiger charge is -2.03. The van der Waals surface area contributed by atoms with E-state index in [0.717, 1.165) is 27.9 Å². The Morgan fingerprint density at radius 3 is 2.66 bits per heavy atom. The average molecular weight is 426 g/mol. The van der Waals surface area contributed by atoms with Crippen molar-refractivity contribution in [2.75, 3.05) is 6.54 Å². The summed E-state index contributed by atoms with van der Waals surface area (Å²) in [5, 5.41) is 7.56. The minimum absolute atomic E-state index is 0.214. The summed E-state index contributed by atoms with van der Waals surface area (Å²) in [5.74, 6) is -0.487. The van der Waals surface area contributed by atoms with E-state index in [1.165, 1.54) is 18.2 Å². The molecule has 0 fully saturated rings. The molecule has 0 saturated carbocycles. The summed E-state index contributed by atoms with van der Waals surface area (Å²) in [7, 11) is 0. The highest BCUT2D eigenvalue weighted by Crippen LogP contribution is 2.23. The second kappa shape index (κ2) is 10.3. The van der Waals surface area contributed by atoms with Gasteiger partial charge in [-0.2, -0.15) is 5.10 Å². The molecular formula is C26H23FN4O. The van der Waals surface area contributed by atoms with Gasteiger partial charge < -0.3 is 5.32 Å². The van der Waals surface area contributed by atoms with Crippen LogP contribution in [0.5, 0.6) is 0 Å². The smallest absolute Gasteiger partial charge is 0.244 e. The van der Waals surface area contributed by atoms with E-state index >= 15 is 0 Å². The summed E-state index contributed by atoms with van der Waals surface area (Å²) in [6.07, 6.45) is 9.21. The highest BCUT2D eigenvalue weighted by molar-refractivity contribution is 5.92. The van der Waals surface area contributed by atoms with Gasteiger partial charge in [0.05, 0.1) is 6.54 Å². The quantitative estimate of drug-likeness (QED) is 0.422. The van der Waals surface area contributed by atoms with Crippen LogP contribution in [-0.2, 0) is 17.8 Å². The van der Waals surface area contributed by atoms with E-state index in [1.54, 1.807) is 24.5 Å². The number of benzene rings is 2. The number of nitrogens with zero attached hydrogens (tertiary/aromatic N) is 3. The van der Waals surface area contributed by atoms with Gasteiger partial charge in [0, 0.05) is 42.3 Å². The van der Waals surface area contributed by atoms with Crippen molar-refractivity contribution in [1.82, 2.24) is 20.1 Å². The van der Waals surface area contributed by atoms with Crippen molar-refractivity contribution < 1.29 is 9.18 Å². The molecule has 0 saturated heterocycles. The van der Waals surface area contributed by atoms with Gasteiger partial charge in [-0.15, -0.1) is 0 Å². The number of nitrogens with one attached hydrogen (secondary N) is 1. The third-order valence-electron chi connectivity index (χ3n) is 4.93. The Balaban J connectivity index is 1.46. The Morgan fingerprint density at radius 2 is 1.88 bits per heavy atom. The first-order chi connectivity index (χ1) is 15.7. The number of amides is 1. The summed E-state index contributed by atoms with van der Waals surface area (Å²) < 4.78 is 15.1. The summed E-state index contributed by atoms with van der Waals surface area (Å²) in [5.41, 5.74) is 4.45. The molecular weight excluding hydrogens is 403 g/mol. The second-order valence-electron chi connectivity index (χ2n) is 7.36. The van der Waals surface area contributed by atoms with Crippen LogP contribution in [-0.4, -0.2) is 27.2 Å². The Labute approximate surface area is 186 Å². The molecule has 6 heteroatoms. The SMILES string of the molecule is O=C(/C=C/c1cn(Cc2ccccc2)nc1-c1cccnc1)NCCc1cccc(F)c1. The third kappa shape index (κ3) is 5.76. The summed E-state index contributed by atoms with van der Waals surface area (Å²) in [6.45, 7) is 1.05. The maximum Gasteiger partial charge on any atom is 0.244 e. The standard InChI is InChI=1S/C26H23FN4O/c27-24-10-4-8-20(16-24)13-15-29-25(32)12-11-23-19-31(18-21-6-2-1-3-7-21)30-26(23)22-9-5-14-28-17-22/h1-12,14,16-17,19H,13,15,18H2,(H,29,32)/b12-11+. The van der Waals surface area contributed by atoms with Gasteiger partial charge in [-0.25, -0.2) is 4.39 Å². The van der Waals surface area contributed by atoms with Crippen LogP contribution in [0.2, 0.25) is 0 Å². The minimum atomic E-state index is -0.274. The minimum Gasteiger partial charge on any atom is -0.352 e. The van der Waals surface area contributed by atoms with Crippen LogP contribution in [0.3, 0.4) is 0 Å². The molecule has 0 bridgehead atoms. The van der Waals surface area contributed by atoms with Gasteiger partial charge in [-0.1, -0.05) is 42.5 Å². The van der Waals surface area contributed by atoms with Crippen molar-refractivity contribution in [3.05, 3.63) is 114 Å². The summed E-state index contributed by atoms with van der Waals surface area (Å²) in [4.78, 5) is 16.5. The van der Waals surface area contributed by atoms with Crippen LogP contribution in [0.15, 0.2) is 91.4 Å². The molecule has 2 aromatic heterocycles. The fourth-order valence-corrected chi connectivity index (χ4v) is 3.38. The fraction of sp³-hybridized carbons (Fsp3) is 0.115. The molecule has 1 N–H and O–H groups in total. The third-order valence-corrected chi connectivity index (χ3v) is 4.93. The molecule has 4 rings (SSSR count). The van der Waals surface area contributed by atoms with Crippen molar-refractivity contribution in [2.45, 2.75) is 13.0 Å². The largest absolute Gasteiger partial charge is 0.352 e. The number of halogens is 1. The number of carbonyl (C=O) groups excluding carboxylic acids is 1. The first-order valence-corrected chi connectivity index (χ1v) is 10.4. The van der Waals surface area contributed by atoms with Crippen LogP contribution >= 0.6 is 0 Å². The van der Waals surface area contributed by atoms with Gasteiger partial charge in [0.25, 0.3) is 0 Å². The molecule has 0 aliphatic rings. The molecule has 0 radical (unpaired) electrons. The van der Waals surface area contributed by atoms with Crippen molar-refractivity contribution in [3.63, 3.8) is 0 Å². The van der Waals surface area contributed by atoms with Gasteiger partial charge >= 0.3 is 0 Å². The number of hydrogen-bond donors (Lipinski definition) is 1. The van der Waals surface area contributed by atoms with Gasteiger partial charge in [0.2, 0.25) is 5.91 Å². The van der Waals surface area contributed by atoms with Crippen LogP contribution in [0, 0.1) is 5.82 Å². The molecule has 2 aromatic carbocycles. The maximum atomic E-state index is 13.3. The molecule has 4 aromatic rings. The predicted molar refractivity (Wildman–Crippen MR) is 123 cm³/mol. The van der Waals surface area contributed by atoms with Crippen molar-refractivity contribution in [1.29, 1.82) is 0 Å². The van der Waals surface area contributed by atoms with E-state index in [-0.39, 0.29) is 11.7 Å². The van der Waals surface area contributed by atoms with Crippen LogP contribution < -0.4 is 5.32 Å². The normalized spacial score (nSPS) is 11.0. The zero-order valence-electron chi connectivity index (χ0n) is 17.5. The van der Waals surface area contributed by atoms with E-state index in [1.807, 2.05) is 59.4 Å². The Hall–Kier alpha value is -4.06.